The zero-order valence-electron chi connectivity index (χ0n) is 8.34. The maximum atomic E-state index is 8.99. The van der Waals surface area contributed by atoms with Crippen LogP contribution >= 0.6 is 22.7 Å². The van der Waals surface area contributed by atoms with Crippen molar-refractivity contribution in [2.75, 3.05) is 5.32 Å². The molecular weight excluding hydrogens is 242 g/mol. The molecule has 0 saturated carbocycles. The number of anilines is 1. The molecule has 0 aliphatic carbocycles. The van der Waals surface area contributed by atoms with Gasteiger partial charge in [-0.1, -0.05) is 11.3 Å². The molecule has 0 unspecified atom stereocenters. The summed E-state index contributed by atoms with van der Waals surface area (Å²) in [6, 6.07) is 2.10. The second-order valence-electron chi connectivity index (χ2n) is 2.85. The van der Waals surface area contributed by atoms with Gasteiger partial charge in [0.15, 0.2) is 0 Å². The molecule has 0 aliphatic rings. The van der Waals surface area contributed by atoms with Crippen LogP contribution in [-0.4, -0.2) is 15.2 Å². The Morgan fingerprint density at radius 1 is 1.56 bits per heavy atom. The normalized spacial score (nSPS) is 11.1. The molecule has 0 aliphatic heterocycles. The summed E-state index contributed by atoms with van der Waals surface area (Å²) in [7, 11) is 0. The van der Waals surface area contributed by atoms with Crippen molar-refractivity contribution in [1.29, 1.82) is 5.26 Å². The third kappa shape index (κ3) is 2.42. The summed E-state index contributed by atoms with van der Waals surface area (Å²) in [6.45, 7) is 1.90. The van der Waals surface area contributed by atoms with E-state index in [1.807, 2.05) is 12.3 Å². The summed E-state index contributed by atoms with van der Waals surface area (Å²) < 4.78 is 0. The lowest BCUT2D eigenvalue weighted by Gasteiger charge is -1.94. The van der Waals surface area contributed by atoms with Crippen LogP contribution in [0, 0.1) is 18.3 Å². The molecule has 0 amide bonds. The summed E-state index contributed by atoms with van der Waals surface area (Å²) in [5, 5.41) is 22.7. The van der Waals surface area contributed by atoms with E-state index >= 15 is 0 Å². The molecule has 0 spiro atoms. The molecule has 2 rings (SSSR count). The number of rotatable bonds is 3. The van der Waals surface area contributed by atoms with Gasteiger partial charge in [-0.3, -0.25) is 0 Å². The van der Waals surface area contributed by atoms with Crippen molar-refractivity contribution < 1.29 is 0 Å². The molecule has 2 heterocycles. The van der Waals surface area contributed by atoms with Crippen molar-refractivity contribution in [1.82, 2.24) is 15.2 Å². The largest absolute Gasteiger partial charge is 0.335 e. The first-order chi connectivity index (χ1) is 7.79. The number of nitriles is 1. The van der Waals surface area contributed by atoms with Gasteiger partial charge >= 0.3 is 0 Å². The second-order valence-corrected chi connectivity index (χ2v) is 4.54. The van der Waals surface area contributed by atoms with Gasteiger partial charge in [-0.15, -0.1) is 21.5 Å². The van der Waals surface area contributed by atoms with Crippen molar-refractivity contribution >= 4 is 33.4 Å². The van der Waals surface area contributed by atoms with Crippen LogP contribution in [0.2, 0.25) is 0 Å². The Hall–Kier alpha value is -1.78. The summed E-state index contributed by atoms with van der Waals surface area (Å²) in [5.41, 5.74) is 3.03. The standard InChI is InChI=1S/C9H7N5S2/c1-6-4-15-8(13-6)7(2-10)3-11-9-14-12-5-16-9/h3-5H,1H3,(H,11,14)/b7-3+. The first-order valence-electron chi connectivity index (χ1n) is 4.35. The third-order valence-corrected chi connectivity index (χ3v) is 3.29. The van der Waals surface area contributed by atoms with Crippen molar-refractivity contribution in [3.05, 3.63) is 27.8 Å². The molecule has 0 atom stereocenters. The average molecular weight is 249 g/mol. The molecule has 16 heavy (non-hydrogen) atoms. The molecule has 0 fully saturated rings. The highest BCUT2D eigenvalue weighted by Gasteiger charge is 2.05. The van der Waals surface area contributed by atoms with Crippen LogP contribution in [0.15, 0.2) is 17.1 Å². The number of nitrogens with zero attached hydrogens (tertiary/aromatic N) is 4. The zero-order chi connectivity index (χ0) is 11.4. The number of aromatic nitrogens is 3. The third-order valence-electron chi connectivity index (χ3n) is 1.67. The van der Waals surface area contributed by atoms with Crippen LogP contribution in [0.1, 0.15) is 10.7 Å². The lowest BCUT2D eigenvalue weighted by molar-refractivity contribution is 1.09. The number of thiazole rings is 1. The first kappa shape index (κ1) is 10.7. The minimum Gasteiger partial charge on any atom is -0.335 e. The van der Waals surface area contributed by atoms with Crippen molar-refractivity contribution in [3.63, 3.8) is 0 Å². The molecule has 0 radical (unpaired) electrons. The monoisotopic (exact) mass is 249 g/mol. The van der Waals surface area contributed by atoms with Gasteiger partial charge < -0.3 is 5.32 Å². The number of aryl methyl sites for hydroxylation is 1. The molecule has 0 bridgehead atoms. The number of nitrogens with one attached hydrogen (secondary N) is 1. The minimum absolute atomic E-state index is 0.494. The van der Waals surface area contributed by atoms with Crippen LogP contribution in [0.3, 0.4) is 0 Å². The van der Waals surface area contributed by atoms with E-state index in [4.69, 9.17) is 5.26 Å². The minimum atomic E-state index is 0.494. The van der Waals surface area contributed by atoms with Gasteiger partial charge in [0.2, 0.25) is 5.13 Å². The molecule has 0 saturated heterocycles. The summed E-state index contributed by atoms with van der Waals surface area (Å²) in [4.78, 5) is 4.24. The highest BCUT2D eigenvalue weighted by molar-refractivity contribution is 7.13. The Labute approximate surface area is 100 Å². The molecule has 0 aromatic carbocycles. The van der Waals surface area contributed by atoms with Gasteiger partial charge in [0, 0.05) is 17.3 Å². The molecule has 7 heteroatoms. The van der Waals surface area contributed by atoms with Gasteiger partial charge in [-0.25, -0.2) is 4.98 Å². The van der Waals surface area contributed by atoms with Crippen molar-refractivity contribution in [2.45, 2.75) is 6.92 Å². The van der Waals surface area contributed by atoms with Crippen LogP contribution in [0.5, 0.6) is 0 Å². The van der Waals surface area contributed by atoms with Gasteiger partial charge in [0.25, 0.3) is 0 Å². The predicted molar refractivity (Wildman–Crippen MR) is 64.0 cm³/mol. The summed E-state index contributed by atoms with van der Waals surface area (Å²) >= 11 is 2.82. The lowest BCUT2D eigenvalue weighted by Crippen LogP contribution is -1.90. The van der Waals surface area contributed by atoms with Crippen LogP contribution in [0.4, 0.5) is 5.13 Å². The highest BCUT2D eigenvalue weighted by atomic mass is 32.1. The second kappa shape index (κ2) is 4.83. The van der Waals surface area contributed by atoms with Crippen LogP contribution in [0.25, 0.3) is 5.57 Å². The predicted octanol–water partition coefficient (Wildman–Crippen LogP) is 2.28. The highest BCUT2D eigenvalue weighted by Crippen LogP contribution is 2.19. The fraction of sp³-hybridized carbons (Fsp3) is 0.111. The molecule has 2 aromatic heterocycles. The van der Waals surface area contributed by atoms with E-state index in [9.17, 15) is 0 Å². The van der Waals surface area contributed by atoms with Gasteiger partial charge in [-0.2, -0.15) is 5.26 Å². The van der Waals surface area contributed by atoms with Crippen molar-refractivity contribution in [2.24, 2.45) is 0 Å². The van der Waals surface area contributed by atoms with Crippen LogP contribution in [-0.2, 0) is 0 Å². The van der Waals surface area contributed by atoms with E-state index in [2.05, 4.69) is 26.6 Å². The van der Waals surface area contributed by atoms with E-state index in [0.717, 1.165) is 5.69 Å². The smallest absolute Gasteiger partial charge is 0.209 e. The van der Waals surface area contributed by atoms with E-state index in [1.165, 1.54) is 22.7 Å². The number of hydrogen-bond acceptors (Lipinski definition) is 7. The fourth-order valence-corrected chi connectivity index (χ4v) is 2.17. The lowest BCUT2D eigenvalue weighted by atomic mass is 10.3. The molecule has 5 nitrogen and oxygen atoms in total. The summed E-state index contributed by atoms with van der Waals surface area (Å²) in [6.07, 6.45) is 1.60. The Morgan fingerprint density at radius 3 is 3.00 bits per heavy atom. The van der Waals surface area contributed by atoms with E-state index < -0.39 is 0 Å². The Morgan fingerprint density at radius 2 is 2.44 bits per heavy atom. The topological polar surface area (TPSA) is 74.5 Å². The van der Waals surface area contributed by atoms with Crippen LogP contribution < -0.4 is 5.32 Å². The fourth-order valence-electron chi connectivity index (χ4n) is 0.989. The molecular formula is C9H7N5S2. The average Bonchev–Trinajstić information content (AvgIpc) is 2.91. The Kier molecular flexibility index (Phi) is 3.24. The zero-order valence-corrected chi connectivity index (χ0v) is 9.97. The number of allylic oxidation sites excluding steroid dienone is 1. The molecule has 80 valence electrons. The summed E-state index contributed by atoms with van der Waals surface area (Å²) in [5.74, 6) is 0. The maximum Gasteiger partial charge on any atom is 0.209 e. The van der Waals surface area contributed by atoms with Crippen molar-refractivity contribution in [3.8, 4) is 6.07 Å². The van der Waals surface area contributed by atoms with Gasteiger partial charge in [0.05, 0.1) is 0 Å². The Bertz CT molecular complexity index is 535. The Balaban J connectivity index is 2.17. The first-order valence-corrected chi connectivity index (χ1v) is 6.11. The maximum absolute atomic E-state index is 8.99. The van der Waals surface area contributed by atoms with Gasteiger partial charge in [0.1, 0.15) is 22.2 Å². The number of hydrogen-bond donors (Lipinski definition) is 1. The quantitative estimate of drug-likeness (QED) is 0.845. The molecule has 1 N–H and O–H groups in total. The SMILES string of the molecule is Cc1csc(/C(C#N)=C/Nc2nncs2)n1. The van der Waals surface area contributed by atoms with Gasteiger partial charge in [-0.05, 0) is 6.92 Å². The van der Waals surface area contributed by atoms with E-state index in [0.29, 0.717) is 15.7 Å². The van der Waals surface area contributed by atoms with E-state index in [1.54, 1.807) is 11.7 Å². The van der Waals surface area contributed by atoms with E-state index in [-0.39, 0.29) is 0 Å². The molecule has 2 aromatic rings.